The van der Waals surface area contributed by atoms with Crippen molar-refractivity contribution in [2.75, 3.05) is 13.7 Å². The second kappa shape index (κ2) is 12.7. The first-order valence-electron chi connectivity index (χ1n) is 11.0. The van der Waals surface area contributed by atoms with Crippen molar-refractivity contribution in [2.45, 2.75) is 58.2 Å². The highest BCUT2D eigenvalue weighted by molar-refractivity contribution is 5.85. The highest BCUT2D eigenvalue weighted by Crippen LogP contribution is 2.35. The van der Waals surface area contributed by atoms with Crippen molar-refractivity contribution < 1.29 is 18.7 Å². The van der Waals surface area contributed by atoms with Crippen molar-refractivity contribution >= 4 is 18.3 Å². The molecule has 1 unspecified atom stereocenters. The Labute approximate surface area is 196 Å². The van der Waals surface area contributed by atoms with Gasteiger partial charge in [-0.2, -0.15) is 0 Å². The van der Waals surface area contributed by atoms with Crippen LogP contribution in [0.25, 0.3) is 0 Å². The molecule has 0 saturated heterocycles. The van der Waals surface area contributed by atoms with Gasteiger partial charge in [-0.05, 0) is 80.8 Å². The van der Waals surface area contributed by atoms with E-state index in [1.165, 1.54) is 25.0 Å². The van der Waals surface area contributed by atoms with Gasteiger partial charge in [0.05, 0.1) is 13.7 Å². The number of hydrogen-bond donors (Lipinski definition) is 2. The van der Waals surface area contributed by atoms with Gasteiger partial charge in [0.25, 0.3) is 0 Å². The third-order valence-corrected chi connectivity index (χ3v) is 5.42. The smallest absolute Gasteiger partial charge is 0.234 e. The van der Waals surface area contributed by atoms with E-state index < -0.39 is 0 Å². The molecule has 2 aromatic rings. The van der Waals surface area contributed by atoms with Gasteiger partial charge in [-0.15, -0.1) is 12.4 Å². The molecule has 0 aliphatic heterocycles. The number of aryl methyl sites for hydroxylation is 1. The standard InChI is InChI=1S/C25H33FN2O3.ClH/c1-17(2)28-25(29)15-27-22(20-9-10-20)11-7-18-8-12-23(24(14-18)30-3)31-16-19-5-4-6-21(26)13-19;/h4-6,8,12-14,17,20,22,27H,7,9-11,15-16H2,1-3H3,(H,28,29);1H. The van der Waals surface area contributed by atoms with E-state index in [1.807, 2.05) is 38.1 Å². The molecular formula is C25H34ClFN2O3. The van der Waals surface area contributed by atoms with Crippen LogP contribution in [0.4, 0.5) is 4.39 Å². The highest BCUT2D eigenvalue weighted by Gasteiger charge is 2.30. The maximum atomic E-state index is 13.3. The number of carbonyl (C=O) groups is 1. The van der Waals surface area contributed by atoms with Crippen molar-refractivity contribution in [1.82, 2.24) is 10.6 Å². The normalized spacial score (nSPS) is 13.9. The largest absolute Gasteiger partial charge is 0.493 e. The minimum absolute atomic E-state index is 0. The summed E-state index contributed by atoms with van der Waals surface area (Å²) in [6, 6.07) is 12.8. The van der Waals surface area contributed by atoms with Crippen LogP contribution in [0.3, 0.4) is 0 Å². The molecule has 0 aromatic heterocycles. The molecule has 32 heavy (non-hydrogen) atoms. The lowest BCUT2D eigenvalue weighted by atomic mass is 10.0. The predicted octanol–water partition coefficient (Wildman–Crippen LogP) is 4.66. The first-order valence-corrected chi connectivity index (χ1v) is 11.0. The second-order valence-electron chi connectivity index (χ2n) is 8.49. The molecule has 5 nitrogen and oxygen atoms in total. The van der Waals surface area contributed by atoms with Gasteiger partial charge in [0, 0.05) is 12.1 Å². The van der Waals surface area contributed by atoms with E-state index in [1.54, 1.807) is 13.2 Å². The van der Waals surface area contributed by atoms with Crippen LogP contribution in [0.15, 0.2) is 42.5 Å². The molecule has 1 fully saturated rings. The van der Waals surface area contributed by atoms with E-state index in [-0.39, 0.29) is 36.8 Å². The zero-order valence-corrected chi connectivity index (χ0v) is 19.8. The summed E-state index contributed by atoms with van der Waals surface area (Å²) >= 11 is 0. The second-order valence-corrected chi connectivity index (χ2v) is 8.49. The van der Waals surface area contributed by atoms with Crippen molar-refractivity contribution in [2.24, 2.45) is 5.92 Å². The Kier molecular flexibility index (Phi) is 10.3. The van der Waals surface area contributed by atoms with E-state index >= 15 is 0 Å². The monoisotopic (exact) mass is 464 g/mol. The maximum absolute atomic E-state index is 13.3. The number of hydrogen-bond acceptors (Lipinski definition) is 4. The third-order valence-electron chi connectivity index (χ3n) is 5.42. The van der Waals surface area contributed by atoms with Crippen molar-refractivity contribution in [3.8, 4) is 11.5 Å². The molecule has 1 aliphatic carbocycles. The van der Waals surface area contributed by atoms with E-state index in [0.717, 1.165) is 24.0 Å². The van der Waals surface area contributed by atoms with Crippen LogP contribution in [0.1, 0.15) is 44.2 Å². The molecule has 176 valence electrons. The molecule has 2 N–H and O–H groups in total. The van der Waals surface area contributed by atoms with Gasteiger partial charge in [0.15, 0.2) is 11.5 Å². The quantitative estimate of drug-likeness (QED) is 0.479. The molecule has 1 atom stereocenters. The fourth-order valence-corrected chi connectivity index (χ4v) is 3.70. The van der Waals surface area contributed by atoms with Gasteiger partial charge in [-0.3, -0.25) is 4.79 Å². The van der Waals surface area contributed by atoms with E-state index in [2.05, 4.69) is 10.6 Å². The van der Waals surface area contributed by atoms with Crippen molar-refractivity contribution in [3.05, 3.63) is 59.4 Å². The summed E-state index contributed by atoms with van der Waals surface area (Å²) in [7, 11) is 1.62. The predicted molar refractivity (Wildman–Crippen MR) is 127 cm³/mol. The summed E-state index contributed by atoms with van der Waals surface area (Å²) < 4.78 is 24.7. The number of ether oxygens (including phenoxy) is 2. The minimum Gasteiger partial charge on any atom is -0.493 e. The summed E-state index contributed by atoms with van der Waals surface area (Å²) in [5.74, 6) is 1.73. The average Bonchev–Trinajstić information content (AvgIpc) is 3.57. The van der Waals surface area contributed by atoms with Crippen molar-refractivity contribution in [3.63, 3.8) is 0 Å². The maximum Gasteiger partial charge on any atom is 0.234 e. The van der Waals surface area contributed by atoms with E-state index in [4.69, 9.17) is 9.47 Å². The van der Waals surface area contributed by atoms with E-state index in [0.29, 0.717) is 30.0 Å². The number of rotatable bonds is 12. The molecular weight excluding hydrogens is 431 g/mol. The molecule has 7 heteroatoms. The molecule has 0 spiro atoms. The van der Waals surface area contributed by atoms with Gasteiger partial charge in [-0.1, -0.05) is 18.2 Å². The Morgan fingerprint density at radius 2 is 1.91 bits per heavy atom. The molecule has 0 heterocycles. The van der Waals surface area contributed by atoms with Gasteiger partial charge >= 0.3 is 0 Å². The summed E-state index contributed by atoms with van der Waals surface area (Å²) in [5, 5.41) is 6.37. The number of halogens is 2. The SMILES string of the molecule is COc1cc(CCC(NCC(=O)NC(C)C)C2CC2)ccc1OCc1cccc(F)c1.Cl. The molecule has 2 aromatic carbocycles. The zero-order chi connectivity index (χ0) is 22.2. The minimum atomic E-state index is -0.274. The lowest BCUT2D eigenvalue weighted by Crippen LogP contribution is -2.42. The van der Waals surface area contributed by atoms with Crippen molar-refractivity contribution in [1.29, 1.82) is 0 Å². The molecule has 1 aliphatic rings. The Balaban J connectivity index is 0.00000363. The fraction of sp³-hybridized carbons (Fsp3) is 0.480. The Hall–Kier alpha value is -2.31. The van der Waals surface area contributed by atoms with Crippen LogP contribution >= 0.6 is 12.4 Å². The van der Waals surface area contributed by atoms with Crippen LogP contribution in [-0.2, 0) is 17.8 Å². The highest BCUT2D eigenvalue weighted by atomic mass is 35.5. The number of nitrogens with one attached hydrogen (secondary N) is 2. The van der Waals surface area contributed by atoms with Crippen LogP contribution in [0.5, 0.6) is 11.5 Å². The third kappa shape index (κ3) is 8.32. The number of methoxy groups -OCH3 is 1. The fourth-order valence-electron chi connectivity index (χ4n) is 3.70. The number of amides is 1. The topological polar surface area (TPSA) is 59.6 Å². The molecule has 0 radical (unpaired) electrons. The van der Waals surface area contributed by atoms with Gasteiger partial charge < -0.3 is 20.1 Å². The zero-order valence-electron chi connectivity index (χ0n) is 19.0. The van der Waals surface area contributed by atoms with Crippen LogP contribution in [-0.4, -0.2) is 31.6 Å². The summed E-state index contributed by atoms with van der Waals surface area (Å²) in [4.78, 5) is 12.0. The molecule has 1 saturated carbocycles. The van der Waals surface area contributed by atoms with Gasteiger partial charge in [0.2, 0.25) is 5.91 Å². The summed E-state index contributed by atoms with van der Waals surface area (Å²) in [6.45, 7) is 4.57. The lowest BCUT2D eigenvalue weighted by Gasteiger charge is -2.19. The van der Waals surface area contributed by atoms with Crippen LogP contribution < -0.4 is 20.1 Å². The van der Waals surface area contributed by atoms with Crippen LogP contribution in [0, 0.1) is 11.7 Å². The number of carbonyl (C=O) groups excluding carboxylic acids is 1. The van der Waals surface area contributed by atoms with E-state index in [9.17, 15) is 9.18 Å². The van der Waals surface area contributed by atoms with Gasteiger partial charge in [0.1, 0.15) is 12.4 Å². The molecule has 0 bridgehead atoms. The first kappa shape index (κ1) is 25.9. The lowest BCUT2D eigenvalue weighted by molar-refractivity contribution is -0.120. The first-order chi connectivity index (χ1) is 14.9. The Morgan fingerprint density at radius 1 is 1.12 bits per heavy atom. The molecule has 1 amide bonds. The van der Waals surface area contributed by atoms with Gasteiger partial charge in [-0.25, -0.2) is 4.39 Å². The van der Waals surface area contributed by atoms with Crippen LogP contribution in [0.2, 0.25) is 0 Å². The number of benzene rings is 2. The Morgan fingerprint density at radius 3 is 2.56 bits per heavy atom. The summed E-state index contributed by atoms with van der Waals surface area (Å²) in [6.07, 6.45) is 4.30. The summed E-state index contributed by atoms with van der Waals surface area (Å²) in [5.41, 5.74) is 1.93. The average molecular weight is 465 g/mol. The Bertz CT molecular complexity index is 874. The molecule has 3 rings (SSSR count).